The summed E-state index contributed by atoms with van der Waals surface area (Å²) in [5, 5.41) is 17.8. The van der Waals surface area contributed by atoms with Crippen LogP contribution in [0.1, 0.15) is 31.4 Å². The van der Waals surface area contributed by atoms with E-state index in [1.807, 2.05) is 13.0 Å². The van der Waals surface area contributed by atoms with Gasteiger partial charge in [0.15, 0.2) is 0 Å². The van der Waals surface area contributed by atoms with Crippen LogP contribution in [0.2, 0.25) is 0 Å². The van der Waals surface area contributed by atoms with Crippen molar-refractivity contribution < 1.29 is 4.92 Å². The van der Waals surface area contributed by atoms with Gasteiger partial charge in [-0.05, 0) is 30.9 Å². The summed E-state index contributed by atoms with van der Waals surface area (Å²) >= 11 is 0. The second-order valence-corrected chi connectivity index (χ2v) is 5.52. The highest BCUT2D eigenvalue weighted by Crippen LogP contribution is 2.34. The number of nitro benzene ring substituents is 1. The summed E-state index contributed by atoms with van der Waals surface area (Å²) in [7, 11) is 0. The third-order valence-corrected chi connectivity index (χ3v) is 3.42. The number of nitrogens with zero attached hydrogens (tertiary/aromatic N) is 1. The third kappa shape index (κ3) is 3.23. The molecule has 0 aliphatic carbocycles. The first-order chi connectivity index (χ1) is 8.97. The van der Waals surface area contributed by atoms with Crippen molar-refractivity contribution in [2.45, 2.75) is 45.7 Å². The van der Waals surface area contributed by atoms with Gasteiger partial charge in [-0.3, -0.25) is 10.1 Å². The topological polar surface area (TPSA) is 67.2 Å². The molecule has 1 heterocycles. The van der Waals surface area contributed by atoms with Crippen LogP contribution in [0.15, 0.2) is 12.1 Å². The summed E-state index contributed by atoms with van der Waals surface area (Å²) < 4.78 is 0. The average Bonchev–Trinajstić information content (AvgIpc) is 2.35. The lowest BCUT2D eigenvalue weighted by Crippen LogP contribution is -2.38. The van der Waals surface area contributed by atoms with Crippen molar-refractivity contribution in [2.24, 2.45) is 0 Å². The molecule has 1 aromatic carbocycles. The highest BCUT2D eigenvalue weighted by Gasteiger charge is 2.25. The summed E-state index contributed by atoms with van der Waals surface area (Å²) in [6.07, 6.45) is 1.91. The Morgan fingerprint density at radius 1 is 1.53 bits per heavy atom. The van der Waals surface area contributed by atoms with Gasteiger partial charge in [0.1, 0.15) is 5.69 Å². The fraction of sp³-hybridized carbons (Fsp3) is 0.571. The van der Waals surface area contributed by atoms with Crippen LogP contribution in [-0.4, -0.2) is 23.6 Å². The van der Waals surface area contributed by atoms with Gasteiger partial charge in [0.25, 0.3) is 5.69 Å². The molecule has 0 saturated carbocycles. The van der Waals surface area contributed by atoms with E-state index < -0.39 is 0 Å². The summed E-state index contributed by atoms with van der Waals surface area (Å²) in [6, 6.07) is 4.37. The zero-order valence-electron chi connectivity index (χ0n) is 11.7. The van der Waals surface area contributed by atoms with Gasteiger partial charge in [0, 0.05) is 24.7 Å². The van der Waals surface area contributed by atoms with Gasteiger partial charge in [0.05, 0.1) is 4.92 Å². The summed E-state index contributed by atoms with van der Waals surface area (Å²) in [4.78, 5) is 10.9. The molecule has 1 atom stereocenters. The Morgan fingerprint density at radius 3 is 2.89 bits per heavy atom. The van der Waals surface area contributed by atoms with E-state index in [-0.39, 0.29) is 16.7 Å². The first-order valence-electron chi connectivity index (χ1n) is 6.75. The molecule has 0 fully saturated rings. The van der Waals surface area contributed by atoms with E-state index in [2.05, 4.69) is 24.5 Å². The Labute approximate surface area is 113 Å². The molecule has 2 rings (SSSR count). The molecule has 0 unspecified atom stereocenters. The monoisotopic (exact) mass is 263 g/mol. The molecule has 2 N–H and O–H groups in total. The molecular formula is C14H21N3O2. The lowest BCUT2D eigenvalue weighted by Gasteiger charge is -2.28. The second kappa shape index (κ2) is 5.57. The molecule has 1 aliphatic heterocycles. The average molecular weight is 263 g/mol. The number of benzene rings is 1. The van der Waals surface area contributed by atoms with Gasteiger partial charge < -0.3 is 10.6 Å². The number of fused-ring (bicyclic) bond motifs is 1. The Hall–Kier alpha value is -1.62. The fourth-order valence-electron chi connectivity index (χ4n) is 2.49. The van der Waals surface area contributed by atoms with Crippen LogP contribution in [0.4, 0.5) is 11.4 Å². The van der Waals surface area contributed by atoms with E-state index >= 15 is 0 Å². The summed E-state index contributed by atoms with van der Waals surface area (Å²) in [6.45, 7) is 6.94. The Kier molecular flexibility index (Phi) is 4.04. The van der Waals surface area contributed by atoms with E-state index in [1.54, 1.807) is 6.07 Å². The molecule has 19 heavy (non-hydrogen) atoms. The quantitative estimate of drug-likeness (QED) is 0.647. The van der Waals surface area contributed by atoms with Crippen LogP contribution in [0.5, 0.6) is 0 Å². The lowest BCUT2D eigenvalue weighted by molar-refractivity contribution is -0.384. The number of hydrogen-bond acceptors (Lipinski definition) is 4. The fourth-order valence-corrected chi connectivity index (χ4v) is 2.49. The molecule has 0 saturated heterocycles. The number of nitrogens with one attached hydrogen (secondary N) is 2. The van der Waals surface area contributed by atoms with Gasteiger partial charge >= 0.3 is 0 Å². The lowest BCUT2D eigenvalue weighted by atomic mass is 9.95. The molecule has 0 bridgehead atoms. The molecule has 0 radical (unpaired) electrons. The molecule has 5 heteroatoms. The zero-order valence-corrected chi connectivity index (χ0v) is 11.7. The molecule has 0 aromatic heterocycles. The Bertz CT molecular complexity index is 486. The van der Waals surface area contributed by atoms with Crippen LogP contribution >= 0.6 is 0 Å². The second-order valence-electron chi connectivity index (χ2n) is 5.52. The Balaban J connectivity index is 2.21. The normalized spacial score (nSPS) is 18.0. The first-order valence-corrected chi connectivity index (χ1v) is 6.75. The van der Waals surface area contributed by atoms with Crippen molar-refractivity contribution >= 4 is 11.4 Å². The van der Waals surface area contributed by atoms with E-state index in [1.165, 1.54) is 0 Å². The maximum absolute atomic E-state index is 11.1. The number of aryl methyl sites for hydroxylation is 2. The van der Waals surface area contributed by atoms with Crippen LogP contribution in [0, 0.1) is 17.0 Å². The highest BCUT2D eigenvalue weighted by molar-refractivity contribution is 5.69. The molecule has 1 aromatic rings. The van der Waals surface area contributed by atoms with E-state index in [0.29, 0.717) is 11.7 Å². The van der Waals surface area contributed by atoms with Crippen molar-refractivity contribution in [3.05, 3.63) is 33.4 Å². The highest BCUT2D eigenvalue weighted by atomic mass is 16.6. The van der Waals surface area contributed by atoms with Gasteiger partial charge in [-0.15, -0.1) is 0 Å². The van der Waals surface area contributed by atoms with E-state index in [9.17, 15) is 10.1 Å². The minimum Gasteiger partial charge on any atom is -0.375 e. The van der Waals surface area contributed by atoms with Crippen molar-refractivity contribution in [3.8, 4) is 0 Å². The zero-order chi connectivity index (χ0) is 14.0. The number of rotatable bonds is 4. The maximum Gasteiger partial charge on any atom is 0.292 e. The van der Waals surface area contributed by atoms with Crippen molar-refractivity contribution in [1.82, 2.24) is 5.32 Å². The standard InChI is InChI=1S/C14H21N3O2/c1-9(2)15-8-12-5-4-11-6-10(3)7-13(17(18)19)14(11)16-12/h6-7,9,12,15-16H,4-5,8H2,1-3H3/t12-/m1/s1. The predicted molar refractivity (Wildman–Crippen MR) is 76.7 cm³/mol. The van der Waals surface area contributed by atoms with E-state index in [0.717, 1.165) is 30.5 Å². The van der Waals surface area contributed by atoms with E-state index in [4.69, 9.17) is 0 Å². The largest absolute Gasteiger partial charge is 0.375 e. The maximum atomic E-state index is 11.1. The van der Waals surface area contributed by atoms with Gasteiger partial charge in [0.2, 0.25) is 0 Å². The molecule has 1 aliphatic rings. The summed E-state index contributed by atoms with van der Waals surface area (Å²) in [5.74, 6) is 0. The van der Waals surface area contributed by atoms with Crippen LogP contribution in [-0.2, 0) is 6.42 Å². The SMILES string of the molecule is Cc1cc2c(c([N+](=O)[O-])c1)N[C@@H](CNC(C)C)CC2. The molecule has 0 amide bonds. The van der Waals surface area contributed by atoms with Crippen molar-refractivity contribution in [1.29, 1.82) is 0 Å². The molecule has 0 spiro atoms. The number of nitro groups is 1. The number of anilines is 1. The summed E-state index contributed by atoms with van der Waals surface area (Å²) in [5.41, 5.74) is 2.92. The van der Waals surface area contributed by atoms with Crippen LogP contribution in [0.25, 0.3) is 0 Å². The van der Waals surface area contributed by atoms with Crippen LogP contribution < -0.4 is 10.6 Å². The minimum absolute atomic E-state index is 0.198. The predicted octanol–water partition coefficient (Wildman–Crippen LogP) is 2.63. The van der Waals surface area contributed by atoms with Gasteiger partial charge in [-0.25, -0.2) is 0 Å². The van der Waals surface area contributed by atoms with Crippen LogP contribution in [0.3, 0.4) is 0 Å². The smallest absolute Gasteiger partial charge is 0.292 e. The van der Waals surface area contributed by atoms with Crippen molar-refractivity contribution in [3.63, 3.8) is 0 Å². The third-order valence-electron chi connectivity index (χ3n) is 3.42. The Morgan fingerprint density at radius 2 is 2.26 bits per heavy atom. The molecular weight excluding hydrogens is 242 g/mol. The van der Waals surface area contributed by atoms with Crippen molar-refractivity contribution in [2.75, 3.05) is 11.9 Å². The molecule has 5 nitrogen and oxygen atoms in total. The number of hydrogen-bond donors (Lipinski definition) is 2. The molecule has 104 valence electrons. The minimum atomic E-state index is -0.295. The van der Waals surface area contributed by atoms with Gasteiger partial charge in [-0.2, -0.15) is 0 Å². The first kappa shape index (κ1) is 13.8. The van der Waals surface area contributed by atoms with Gasteiger partial charge in [-0.1, -0.05) is 19.9 Å².